The van der Waals surface area contributed by atoms with E-state index in [9.17, 15) is 0 Å². The minimum absolute atomic E-state index is 0.257. The molecule has 6 aromatic carbocycles. The smallest absolute Gasteiger partial charge is 0.247 e. The molecule has 10 aromatic rings. The van der Waals surface area contributed by atoms with Crippen LogP contribution < -0.4 is 0 Å². The number of rotatable bonds is 1. The van der Waals surface area contributed by atoms with Gasteiger partial charge in [-0.25, -0.2) is 4.98 Å². The van der Waals surface area contributed by atoms with Gasteiger partial charge in [-0.05, 0) is 45.8 Å². The molecule has 0 N–H and O–H groups in total. The second kappa shape index (κ2) is 9.17. The molecule has 10 rings (SSSR count). The van der Waals surface area contributed by atoms with Gasteiger partial charge in [0, 0.05) is 26.9 Å². The SMILES string of the molecule is C=C.Clc1nc2oc3ccccc3c2nc1-n1c2ccccc2c2c3ccccc3c3c(oc4ccc5ccccc5c43)c21. The Balaban J connectivity index is 0.00000133. The summed E-state index contributed by atoms with van der Waals surface area (Å²) in [5, 5.41) is 10.1. The number of aromatic nitrogens is 3. The van der Waals surface area contributed by atoms with Crippen LogP contribution in [0.25, 0.3) is 93.3 Å². The summed E-state index contributed by atoms with van der Waals surface area (Å²) in [6.07, 6.45) is 0. The van der Waals surface area contributed by atoms with Crippen LogP contribution in [0.15, 0.2) is 131 Å². The third-order valence-corrected chi connectivity index (χ3v) is 8.75. The van der Waals surface area contributed by atoms with Crippen LogP contribution >= 0.6 is 11.6 Å². The van der Waals surface area contributed by atoms with E-state index in [1.165, 1.54) is 5.39 Å². The lowest BCUT2D eigenvalue weighted by Crippen LogP contribution is -2.00. The number of halogens is 1. The number of fused-ring (bicyclic) bond motifs is 15. The number of hydrogen-bond acceptors (Lipinski definition) is 4. The van der Waals surface area contributed by atoms with Gasteiger partial charge in [0.1, 0.15) is 16.7 Å². The number of furan rings is 2. The molecule has 0 saturated carbocycles. The summed E-state index contributed by atoms with van der Waals surface area (Å²) in [6.45, 7) is 6.00. The van der Waals surface area contributed by atoms with E-state index < -0.39 is 0 Å². The van der Waals surface area contributed by atoms with Crippen LogP contribution in [-0.4, -0.2) is 14.5 Å². The Morgan fingerprint density at radius 2 is 1.23 bits per heavy atom. The van der Waals surface area contributed by atoms with Gasteiger partial charge in [0.25, 0.3) is 0 Å². The van der Waals surface area contributed by atoms with E-state index in [4.69, 9.17) is 30.4 Å². The van der Waals surface area contributed by atoms with E-state index >= 15 is 0 Å². The van der Waals surface area contributed by atoms with Crippen molar-refractivity contribution in [2.24, 2.45) is 0 Å². The zero-order chi connectivity index (χ0) is 29.5. The van der Waals surface area contributed by atoms with Crippen molar-refractivity contribution >= 4 is 99.1 Å². The van der Waals surface area contributed by atoms with Crippen LogP contribution in [0.4, 0.5) is 0 Å². The Kier molecular flexibility index (Phi) is 5.19. The number of hydrogen-bond donors (Lipinski definition) is 0. The average molecular weight is 588 g/mol. The fourth-order valence-corrected chi connectivity index (χ4v) is 7.00. The molecule has 0 saturated heterocycles. The molecule has 0 aliphatic rings. The van der Waals surface area contributed by atoms with Gasteiger partial charge in [-0.2, -0.15) is 4.98 Å². The van der Waals surface area contributed by atoms with E-state index in [-0.39, 0.29) is 5.15 Å². The second-order valence-electron chi connectivity index (χ2n) is 10.7. The molecule has 5 nitrogen and oxygen atoms in total. The van der Waals surface area contributed by atoms with E-state index in [0.29, 0.717) is 17.0 Å². The second-order valence-corrected chi connectivity index (χ2v) is 11.0. The summed E-state index contributed by atoms with van der Waals surface area (Å²) in [7, 11) is 0. The average Bonchev–Trinajstić information content (AvgIpc) is 3.75. The third-order valence-electron chi connectivity index (χ3n) is 8.50. The van der Waals surface area contributed by atoms with E-state index in [1.54, 1.807) is 0 Å². The van der Waals surface area contributed by atoms with Gasteiger partial charge in [-0.1, -0.05) is 96.5 Å². The highest BCUT2D eigenvalue weighted by Crippen LogP contribution is 2.47. The molecule has 0 bridgehead atoms. The zero-order valence-electron chi connectivity index (χ0n) is 23.3. The van der Waals surface area contributed by atoms with Gasteiger partial charge in [-0.3, -0.25) is 4.57 Å². The predicted octanol–water partition coefficient (Wildman–Crippen LogP) is 11.1. The Morgan fingerprint density at radius 1 is 0.568 bits per heavy atom. The van der Waals surface area contributed by atoms with Crippen molar-refractivity contribution in [2.75, 3.05) is 0 Å². The Morgan fingerprint density at radius 3 is 2.05 bits per heavy atom. The van der Waals surface area contributed by atoms with E-state index in [0.717, 1.165) is 70.9 Å². The molecule has 4 heterocycles. The zero-order valence-corrected chi connectivity index (χ0v) is 24.1. The molecule has 0 spiro atoms. The fraction of sp³-hybridized carbons (Fsp3) is 0. The molecule has 208 valence electrons. The molecule has 0 fully saturated rings. The lowest BCUT2D eigenvalue weighted by atomic mass is 9.96. The largest absolute Gasteiger partial charge is 0.454 e. The molecule has 44 heavy (non-hydrogen) atoms. The van der Waals surface area contributed by atoms with Gasteiger partial charge in [0.05, 0.1) is 11.0 Å². The Bertz CT molecular complexity index is 2790. The first-order valence-corrected chi connectivity index (χ1v) is 14.7. The summed E-state index contributed by atoms with van der Waals surface area (Å²) in [5.41, 5.74) is 5.32. The molecule has 4 aromatic heterocycles. The molecule has 0 aliphatic carbocycles. The third kappa shape index (κ3) is 3.19. The van der Waals surface area contributed by atoms with Gasteiger partial charge < -0.3 is 8.83 Å². The van der Waals surface area contributed by atoms with Crippen molar-refractivity contribution in [2.45, 2.75) is 0 Å². The highest BCUT2D eigenvalue weighted by molar-refractivity contribution is 6.38. The number of nitrogens with zero attached hydrogens (tertiary/aromatic N) is 3. The molecule has 6 heteroatoms. The van der Waals surface area contributed by atoms with Crippen molar-refractivity contribution < 1.29 is 8.83 Å². The first-order valence-electron chi connectivity index (χ1n) is 14.3. The molecule has 0 aliphatic heterocycles. The predicted molar refractivity (Wildman–Crippen MR) is 182 cm³/mol. The maximum absolute atomic E-state index is 6.96. The van der Waals surface area contributed by atoms with Crippen molar-refractivity contribution in [3.05, 3.63) is 128 Å². The molecular weight excluding hydrogens is 566 g/mol. The topological polar surface area (TPSA) is 57.0 Å². The van der Waals surface area contributed by atoms with Crippen LogP contribution in [0.1, 0.15) is 0 Å². The summed E-state index contributed by atoms with van der Waals surface area (Å²) < 4.78 is 14.9. The first kappa shape index (κ1) is 24.9. The minimum atomic E-state index is 0.257. The van der Waals surface area contributed by atoms with Crippen molar-refractivity contribution in [1.82, 2.24) is 14.5 Å². The fourth-order valence-electron chi connectivity index (χ4n) is 6.80. The van der Waals surface area contributed by atoms with Crippen LogP contribution in [0, 0.1) is 0 Å². The van der Waals surface area contributed by atoms with Gasteiger partial charge in [-0.15, -0.1) is 13.2 Å². The number of para-hydroxylation sites is 2. The Labute approximate surface area is 255 Å². The maximum Gasteiger partial charge on any atom is 0.247 e. The van der Waals surface area contributed by atoms with Crippen LogP contribution in [0.5, 0.6) is 0 Å². The van der Waals surface area contributed by atoms with Gasteiger partial charge in [0.2, 0.25) is 5.71 Å². The summed E-state index contributed by atoms with van der Waals surface area (Å²) in [4.78, 5) is 9.82. The molecule has 0 unspecified atom stereocenters. The van der Waals surface area contributed by atoms with Crippen LogP contribution in [0.2, 0.25) is 5.15 Å². The minimum Gasteiger partial charge on any atom is -0.454 e. The standard InChI is InChI=1S/C36H18ClN3O2.C2H4/c37-34-35(38-31-24-14-6-8-16-26(24)42-36(31)39-34)40-25-15-7-5-13-23(25)28-21-11-3-4-12-22(21)30-29-20-10-2-1-9-19(20)17-18-27(29)41-33(30)32(28)40;1-2/h1-18H;1-2H2. The van der Waals surface area contributed by atoms with Crippen molar-refractivity contribution in [1.29, 1.82) is 0 Å². The highest BCUT2D eigenvalue weighted by Gasteiger charge is 2.26. The Hall–Kier alpha value is -5.65. The van der Waals surface area contributed by atoms with Crippen molar-refractivity contribution in [3.63, 3.8) is 0 Å². The van der Waals surface area contributed by atoms with Crippen LogP contribution in [-0.2, 0) is 0 Å². The molecule has 0 radical (unpaired) electrons. The van der Waals surface area contributed by atoms with Gasteiger partial charge in [0.15, 0.2) is 16.6 Å². The quantitative estimate of drug-likeness (QED) is 0.179. The van der Waals surface area contributed by atoms with Crippen molar-refractivity contribution in [3.8, 4) is 5.82 Å². The maximum atomic E-state index is 6.96. The number of benzene rings is 6. The lowest BCUT2D eigenvalue weighted by molar-refractivity contribution is 0.652. The van der Waals surface area contributed by atoms with E-state index in [2.05, 4.69) is 96.6 Å². The summed E-state index contributed by atoms with van der Waals surface area (Å²) >= 11 is 6.96. The van der Waals surface area contributed by atoms with Crippen LogP contribution in [0.3, 0.4) is 0 Å². The first-order chi connectivity index (χ1) is 21.8. The molecule has 0 atom stereocenters. The highest BCUT2D eigenvalue weighted by atomic mass is 35.5. The summed E-state index contributed by atoms with van der Waals surface area (Å²) in [6, 6.07) is 37.4. The molecule has 0 amide bonds. The molecular formula is C38H22ClN3O2. The normalized spacial score (nSPS) is 11.9. The summed E-state index contributed by atoms with van der Waals surface area (Å²) in [5.74, 6) is 0.531. The monoisotopic (exact) mass is 587 g/mol. The van der Waals surface area contributed by atoms with E-state index in [1.807, 2.05) is 30.3 Å². The lowest BCUT2D eigenvalue weighted by Gasteiger charge is -2.10. The van der Waals surface area contributed by atoms with Gasteiger partial charge >= 0.3 is 0 Å².